The van der Waals surface area contributed by atoms with Crippen LogP contribution in [0.25, 0.3) is 0 Å². The number of rotatable bonds is 6. The molecular formula is C13H15ClN2O4. The summed E-state index contributed by atoms with van der Waals surface area (Å²) >= 11 is 5.74. The van der Waals surface area contributed by atoms with E-state index in [0.29, 0.717) is 5.02 Å². The van der Waals surface area contributed by atoms with Gasteiger partial charge in [0.2, 0.25) is 0 Å². The van der Waals surface area contributed by atoms with Crippen molar-refractivity contribution in [1.82, 2.24) is 5.32 Å². The number of aliphatic hydroxyl groups is 1. The van der Waals surface area contributed by atoms with Crippen LogP contribution in [0.4, 0.5) is 0 Å². The van der Waals surface area contributed by atoms with Crippen LogP contribution in [0.3, 0.4) is 0 Å². The Labute approximate surface area is 121 Å². The second-order valence-corrected chi connectivity index (χ2v) is 4.22. The quantitative estimate of drug-likeness (QED) is 0.318. The summed E-state index contributed by atoms with van der Waals surface area (Å²) in [6.07, 6.45) is 0. The lowest BCUT2D eigenvalue weighted by molar-refractivity contribution is -0.123. The molecule has 0 fully saturated rings. The minimum Gasteiger partial charge on any atom is -0.480 e. The van der Waals surface area contributed by atoms with Gasteiger partial charge in [0.15, 0.2) is 5.57 Å². The molecule has 0 aliphatic rings. The fourth-order valence-corrected chi connectivity index (χ4v) is 1.52. The number of benzene rings is 1. The summed E-state index contributed by atoms with van der Waals surface area (Å²) < 4.78 is 4.71. The zero-order valence-corrected chi connectivity index (χ0v) is 11.6. The molecule has 108 valence electrons. The summed E-state index contributed by atoms with van der Waals surface area (Å²) in [5.41, 5.74) is 5.21. The Morgan fingerprint density at radius 2 is 1.95 bits per heavy atom. The van der Waals surface area contributed by atoms with Crippen LogP contribution >= 0.6 is 11.6 Å². The fourth-order valence-electron chi connectivity index (χ4n) is 1.40. The van der Waals surface area contributed by atoms with Crippen molar-refractivity contribution >= 4 is 23.4 Å². The van der Waals surface area contributed by atoms with Gasteiger partial charge in [-0.25, -0.2) is 0 Å². The molecule has 1 aromatic carbocycles. The van der Waals surface area contributed by atoms with Crippen LogP contribution in [-0.2, 0) is 20.9 Å². The first-order valence-corrected chi connectivity index (χ1v) is 6.22. The monoisotopic (exact) mass is 298 g/mol. The van der Waals surface area contributed by atoms with Gasteiger partial charge in [-0.15, -0.1) is 0 Å². The third-order valence-electron chi connectivity index (χ3n) is 2.33. The molecule has 2 amide bonds. The largest absolute Gasteiger partial charge is 0.480 e. The molecule has 0 atom stereocenters. The highest BCUT2D eigenvalue weighted by Crippen LogP contribution is 2.10. The summed E-state index contributed by atoms with van der Waals surface area (Å²) in [5.74, 6) is -2.66. The highest BCUT2D eigenvalue weighted by Gasteiger charge is 2.22. The maximum absolute atomic E-state index is 11.8. The van der Waals surface area contributed by atoms with Crippen molar-refractivity contribution in [3.8, 4) is 0 Å². The number of nitrogens with two attached hydrogens (primary N) is 1. The molecule has 0 aliphatic carbocycles. The zero-order chi connectivity index (χ0) is 15.1. The molecule has 1 rings (SSSR count). The smallest absolute Gasteiger partial charge is 0.295 e. The summed E-state index contributed by atoms with van der Waals surface area (Å²) in [7, 11) is 0. The number of ether oxygens (including phenoxy) is 1. The molecule has 6 nitrogen and oxygen atoms in total. The summed E-state index contributed by atoms with van der Waals surface area (Å²) in [4.78, 5) is 23.0. The average Bonchev–Trinajstić information content (AvgIpc) is 2.38. The van der Waals surface area contributed by atoms with E-state index in [0.717, 1.165) is 5.56 Å². The molecule has 0 heterocycles. The molecule has 20 heavy (non-hydrogen) atoms. The predicted molar refractivity (Wildman–Crippen MR) is 73.8 cm³/mol. The molecule has 7 heteroatoms. The zero-order valence-electron chi connectivity index (χ0n) is 10.9. The van der Waals surface area contributed by atoms with Crippen LogP contribution in [0, 0.1) is 0 Å². The summed E-state index contributed by atoms with van der Waals surface area (Å²) in [6.45, 7) is 1.86. The predicted octanol–water partition coefficient (Wildman–Crippen LogP) is 1.25. The van der Waals surface area contributed by atoms with E-state index >= 15 is 0 Å². The van der Waals surface area contributed by atoms with E-state index in [1.165, 1.54) is 0 Å². The van der Waals surface area contributed by atoms with Crippen LogP contribution in [0.1, 0.15) is 12.5 Å². The molecule has 0 radical (unpaired) electrons. The van der Waals surface area contributed by atoms with Gasteiger partial charge in [-0.1, -0.05) is 23.7 Å². The molecular weight excluding hydrogens is 284 g/mol. The van der Waals surface area contributed by atoms with Gasteiger partial charge in [0.1, 0.15) is 0 Å². The maximum atomic E-state index is 11.8. The van der Waals surface area contributed by atoms with Gasteiger partial charge in [0, 0.05) is 11.6 Å². The van der Waals surface area contributed by atoms with E-state index in [4.69, 9.17) is 22.1 Å². The Balaban J connectivity index is 2.75. The van der Waals surface area contributed by atoms with Crippen molar-refractivity contribution in [3.63, 3.8) is 0 Å². The van der Waals surface area contributed by atoms with Crippen molar-refractivity contribution in [1.29, 1.82) is 0 Å². The number of amides is 2. The van der Waals surface area contributed by atoms with Crippen molar-refractivity contribution in [2.75, 3.05) is 6.61 Å². The van der Waals surface area contributed by atoms with E-state index < -0.39 is 23.3 Å². The highest BCUT2D eigenvalue weighted by atomic mass is 35.5. The van der Waals surface area contributed by atoms with Gasteiger partial charge in [-0.05, 0) is 24.6 Å². The Bertz CT molecular complexity index is 526. The Kier molecular flexibility index (Phi) is 5.86. The number of hydrogen-bond acceptors (Lipinski definition) is 4. The number of carbonyl (C=O) groups excluding carboxylic acids is 2. The van der Waals surface area contributed by atoms with Crippen LogP contribution in [-0.4, -0.2) is 23.5 Å². The molecule has 0 unspecified atom stereocenters. The minimum absolute atomic E-state index is 0.104. The number of primary amides is 1. The van der Waals surface area contributed by atoms with Crippen LogP contribution < -0.4 is 11.1 Å². The number of carbonyl (C=O) groups is 2. The first kappa shape index (κ1) is 15.8. The number of hydrogen-bond donors (Lipinski definition) is 3. The van der Waals surface area contributed by atoms with Crippen LogP contribution in [0.5, 0.6) is 0 Å². The number of halogens is 1. The highest BCUT2D eigenvalue weighted by molar-refractivity contribution is 6.30. The van der Waals surface area contributed by atoms with E-state index in [1.807, 2.05) is 0 Å². The Morgan fingerprint density at radius 1 is 1.35 bits per heavy atom. The Hall–Kier alpha value is -2.21. The molecule has 0 aromatic heterocycles. The summed E-state index contributed by atoms with van der Waals surface area (Å²) in [5, 5.41) is 12.5. The van der Waals surface area contributed by atoms with Crippen molar-refractivity contribution < 1.29 is 19.4 Å². The second-order valence-electron chi connectivity index (χ2n) is 3.79. The normalized spacial score (nSPS) is 11.5. The first-order chi connectivity index (χ1) is 9.45. The van der Waals surface area contributed by atoms with Crippen LogP contribution in [0.2, 0.25) is 5.02 Å². The van der Waals surface area contributed by atoms with Gasteiger partial charge < -0.3 is 20.9 Å². The molecule has 1 aromatic rings. The van der Waals surface area contributed by atoms with E-state index in [-0.39, 0.29) is 13.2 Å². The van der Waals surface area contributed by atoms with Gasteiger partial charge in [-0.3, -0.25) is 9.59 Å². The van der Waals surface area contributed by atoms with E-state index in [9.17, 15) is 14.7 Å². The molecule has 0 saturated carbocycles. The second kappa shape index (κ2) is 7.40. The molecule has 0 aliphatic heterocycles. The SMILES string of the molecule is CCOC(O)=C(C(N)=O)C(=O)NCc1ccc(Cl)cc1. The van der Waals surface area contributed by atoms with Crippen LogP contribution in [0.15, 0.2) is 35.8 Å². The third kappa shape index (κ3) is 4.47. The van der Waals surface area contributed by atoms with Crippen molar-refractivity contribution in [2.24, 2.45) is 5.73 Å². The summed E-state index contributed by atoms with van der Waals surface area (Å²) in [6, 6.07) is 6.79. The molecule has 4 N–H and O–H groups in total. The van der Waals surface area contributed by atoms with Crippen molar-refractivity contribution in [2.45, 2.75) is 13.5 Å². The van der Waals surface area contributed by atoms with E-state index in [2.05, 4.69) is 5.32 Å². The maximum Gasteiger partial charge on any atom is 0.295 e. The number of aliphatic hydroxyl groups excluding tert-OH is 1. The van der Waals surface area contributed by atoms with Gasteiger partial charge in [0.25, 0.3) is 17.8 Å². The van der Waals surface area contributed by atoms with E-state index in [1.54, 1.807) is 31.2 Å². The molecule has 0 saturated heterocycles. The standard InChI is InChI=1S/C13H15ClN2O4/c1-2-20-13(19)10(11(15)17)12(18)16-7-8-3-5-9(14)6-4-8/h3-6,19H,2,7H2,1H3,(H2,15,17)(H,16,18). The first-order valence-electron chi connectivity index (χ1n) is 5.84. The molecule has 0 bridgehead atoms. The van der Waals surface area contributed by atoms with Crippen molar-refractivity contribution in [3.05, 3.63) is 46.4 Å². The number of nitrogens with one attached hydrogen (secondary N) is 1. The van der Waals surface area contributed by atoms with Gasteiger partial charge in [0.05, 0.1) is 6.61 Å². The lowest BCUT2D eigenvalue weighted by Gasteiger charge is -2.09. The Morgan fingerprint density at radius 3 is 2.45 bits per heavy atom. The van der Waals surface area contributed by atoms with Gasteiger partial charge in [-0.2, -0.15) is 0 Å². The topological polar surface area (TPSA) is 102 Å². The van der Waals surface area contributed by atoms with Gasteiger partial charge >= 0.3 is 0 Å². The third-order valence-corrected chi connectivity index (χ3v) is 2.59. The average molecular weight is 299 g/mol. The molecule has 0 spiro atoms. The fraction of sp³-hybridized carbons (Fsp3) is 0.231. The minimum atomic E-state index is -1.07. The lowest BCUT2D eigenvalue weighted by atomic mass is 10.2. The lowest BCUT2D eigenvalue weighted by Crippen LogP contribution is -2.32.